The standard InChI is InChI=1S/C23H20N2O2/c1-16(23(26)25-22-9-5-8-21-20(22)14-15-24-21)27-19-12-10-18(11-13-19)17-6-3-2-4-7-17/h2-16,24H,1H3,(H,25,26). The van der Waals surface area contributed by atoms with Gasteiger partial charge in [-0.05, 0) is 48.4 Å². The minimum atomic E-state index is -0.609. The lowest BCUT2D eigenvalue weighted by Gasteiger charge is -2.15. The third kappa shape index (κ3) is 3.70. The summed E-state index contributed by atoms with van der Waals surface area (Å²) in [4.78, 5) is 15.7. The van der Waals surface area contributed by atoms with Gasteiger partial charge < -0.3 is 15.0 Å². The van der Waals surface area contributed by atoms with Crippen LogP contribution in [0.5, 0.6) is 5.75 Å². The molecule has 4 nitrogen and oxygen atoms in total. The molecule has 2 N–H and O–H groups in total. The van der Waals surface area contributed by atoms with E-state index in [9.17, 15) is 4.79 Å². The molecule has 1 aromatic heterocycles. The molecule has 0 saturated heterocycles. The number of rotatable bonds is 5. The molecule has 0 aliphatic rings. The van der Waals surface area contributed by atoms with Crippen LogP contribution in [0.3, 0.4) is 0 Å². The lowest BCUT2D eigenvalue weighted by molar-refractivity contribution is -0.122. The number of benzene rings is 3. The summed E-state index contributed by atoms with van der Waals surface area (Å²) < 4.78 is 5.81. The average molecular weight is 356 g/mol. The van der Waals surface area contributed by atoms with E-state index in [0.717, 1.165) is 27.7 Å². The average Bonchev–Trinajstić information content (AvgIpc) is 3.19. The molecule has 0 saturated carbocycles. The second kappa shape index (κ2) is 7.38. The van der Waals surface area contributed by atoms with Gasteiger partial charge in [0.05, 0.1) is 5.69 Å². The molecule has 1 atom stereocenters. The zero-order valence-electron chi connectivity index (χ0n) is 15.0. The van der Waals surface area contributed by atoms with Crippen LogP contribution >= 0.6 is 0 Å². The first-order valence-electron chi connectivity index (χ1n) is 8.90. The summed E-state index contributed by atoms with van der Waals surface area (Å²) in [7, 11) is 0. The zero-order valence-corrected chi connectivity index (χ0v) is 15.0. The Morgan fingerprint density at radius 2 is 1.63 bits per heavy atom. The fourth-order valence-electron chi connectivity index (χ4n) is 3.04. The number of H-pyrrole nitrogens is 1. The van der Waals surface area contributed by atoms with Gasteiger partial charge in [0.2, 0.25) is 0 Å². The van der Waals surface area contributed by atoms with Crippen molar-refractivity contribution in [2.45, 2.75) is 13.0 Å². The van der Waals surface area contributed by atoms with E-state index in [2.05, 4.69) is 22.4 Å². The topological polar surface area (TPSA) is 54.1 Å². The first-order valence-corrected chi connectivity index (χ1v) is 8.90. The van der Waals surface area contributed by atoms with E-state index in [1.54, 1.807) is 6.92 Å². The van der Waals surface area contributed by atoms with Gasteiger partial charge in [-0.1, -0.05) is 48.5 Å². The van der Waals surface area contributed by atoms with Crippen LogP contribution in [0.4, 0.5) is 5.69 Å². The summed E-state index contributed by atoms with van der Waals surface area (Å²) in [5.41, 5.74) is 4.01. The van der Waals surface area contributed by atoms with Crippen LogP contribution < -0.4 is 10.1 Å². The highest BCUT2D eigenvalue weighted by atomic mass is 16.5. The van der Waals surface area contributed by atoms with Crippen molar-refractivity contribution in [1.29, 1.82) is 0 Å². The number of fused-ring (bicyclic) bond motifs is 1. The van der Waals surface area contributed by atoms with Crippen LogP contribution in [0, 0.1) is 0 Å². The fraction of sp³-hybridized carbons (Fsp3) is 0.0870. The van der Waals surface area contributed by atoms with Crippen molar-refractivity contribution < 1.29 is 9.53 Å². The lowest BCUT2D eigenvalue weighted by atomic mass is 10.1. The van der Waals surface area contributed by atoms with E-state index in [-0.39, 0.29) is 5.91 Å². The number of hydrogen-bond donors (Lipinski definition) is 2. The first-order chi connectivity index (χ1) is 13.2. The summed E-state index contributed by atoms with van der Waals surface area (Å²) in [5, 5.41) is 3.92. The largest absolute Gasteiger partial charge is 0.481 e. The molecule has 1 heterocycles. The first kappa shape index (κ1) is 16.9. The highest BCUT2D eigenvalue weighted by Gasteiger charge is 2.16. The number of amides is 1. The lowest BCUT2D eigenvalue weighted by Crippen LogP contribution is -2.30. The molecule has 0 spiro atoms. The molecule has 1 amide bonds. The molecule has 4 heteroatoms. The molecule has 0 bridgehead atoms. The van der Waals surface area contributed by atoms with Gasteiger partial charge in [-0.2, -0.15) is 0 Å². The number of aromatic nitrogens is 1. The molecule has 0 aliphatic carbocycles. The van der Waals surface area contributed by atoms with E-state index < -0.39 is 6.10 Å². The Morgan fingerprint density at radius 1 is 0.889 bits per heavy atom. The van der Waals surface area contributed by atoms with Gasteiger partial charge in [0.1, 0.15) is 5.75 Å². The molecule has 0 fully saturated rings. The van der Waals surface area contributed by atoms with Gasteiger partial charge in [-0.15, -0.1) is 0 Å². The van der Waals surface area contributed by atoms with Gasteiger partial charge in [0.15, 0.2) is 6.10 Å². The van der Waals surface area contributed by atoms with Crippen molar-refractivity contribution >= 4 is 22.5 Å². The summed E-state index contributed by atoms with van der Waals surface area (Å²) in [6.45, 7) is 1.75. The highest BCUT2D eigenvalue weighted by Crippen LogP contribution is 2.24. The second-order valence-corrected chi connectivity index (χ2v) is 6.38. The Balaban J connectivity index is 1.43. The fourth-order valence-corrected chi connectivity index (χ4v) is 3.04. The number of ether oxygens (including phenoxy) is 1. The zero-order chi connectivity index (χ0) is 18.6. The molecule has 134 valence electrons. The second-order valence-electron chi connectivity index (χ2n) is 6.38. The number of anilines is 1. The van der Waals surface area contributed by atoms with Crippen molar-refractivity contribution in [3.63, 3.8) is 0 Å². The van der Waals surface area contributed by atoms with Crippen LogP contribution in [0.2, 0.25) is 0 Å². The predicted octanol–water partition coefficient (Wildman–Crippen LogP) is 5.24. The van der Waals surface area contributed by atoms with Gasteiger partial charge in [-0.25, -0.2) is 0 Å². The van der Waals surface area contributed by atoms with E-state index in [0.29, 0.717) is 5.75 Å². The molecule has 27 heavy (non-hydrogen) atoms. The maximum Gasteiger partial charge on any atom is 0.265 e. The van der Waals surface area contributed by atoms with Crippen molar-refractivity contribution in [3.8, 4) is 16.9 Å². The number of carbonyl (C=O) groups is 1. The van der Waals surface area contributed by atoms with Gasteiger partial charge in [0.25, 0.3) is 5.91 Å². The molecule has 1 unspecified atom stereocenters. The summed E-state index contributed by atoms with van der Waals surface area (Å²) in [6, 6.07) is 25.6. The Morgan fingerprint density at radius 3 is 2.41 bits per heavy atom. The molecular weight excluding hydrogens is 336 g/mol. The molecule has 3 aromatic carbocycles. The molecule has 4 aromatic rings. The Kier molecular flexibility index (Phi) is 4.62. The van der Waals surface area contributed by atoms with Crippen molar-refractivity contribution in [2.24, 2.45) is 0 Å². The van der Waals surface area contributed by atoms with Crippen LogP contribution in [0.1, 0.15) is 6.92 Å². The maximum atomic E-state index is 12.5. The van der Waals surface area contributed by atoms with Gasteiger partial charge in [-0.3, -0.25) is 4.79 Å². The van der Waals surface area contributed by atoms with Crippen LogP contribution in [0.25, 0.3) is 22.0 Å². The summed E-state index contributed by atoms with van der Waals surface area (Å²) in [6.07, 6.45) is 1.25. The maximum absolute atomic E-state index is 12.5. The Hall–Kier alpha value is -3.53. The number of carbonyl (C=O) groups excluding carboxylic acids is 1. The number of nitrogens with one attached hydrogen (secondary N) is 2. The van der Waals surface area contributed by atoms with E-state index in [1.165, 1.54) is 0 Å². The normalized spacial score (nSPS) is 11.9. The number of aromatic amines is 1. The summed E-state index contributed by atoms with van der Waals surface area (Å²) >= 11 is 0. The monoisotopic (exact) mass is 356 g/mol. The van der Waals surface area contributed by atoms with Crippen molar-refractivity contribution in [1.82, 2.24) is 4.98 Å². The van der Waals surface area contributed by atoms with Crippen molar-refractivity contribution in [2.75, 3.05) is 5.32 Å². The SMILES string of the molecule is CC(Oc1ccc(-c2ccccc2)cc1)C(=O)Nc1cccc2[nH]ccc12. The van der Waals surface area contributed by atoms with Crippen LogP contribution in [0.15, 0.2) is 85.1 Å². The van der Waals surface area contributed by atoms with Gasteiger partial charge >= 0.3 is 0 Å². The Labute approximate surface area is 157 Å². The summed E-state index contributed by atoms with van der Waals surface area (Å²) in [5.74, 6) is 0.480. The van der Waals surface area contributed by atoms with Crippen molar-refractivity contribution in [3.05, 3.63) is 85.1 Å². The van der Waals surface area contributed by atoms with Crippen LogP contribution in [-0.2, 0) is 4.79 Å². The quantitative estimate of drug-likeness (QED) is 0.514. The minimum absolute atomic E-state index is 0.184. The molecule has 0 aliphatic heterocycles. The van der Waals surface area contributed by atoms with E-state index in [4.69, 9.17) is 4.74 Å². The molecular formula is C23H20N2O2. The molecule has 4 rings (SSSR count). The molecule has 0 radical (unpaired) electrons. The Bertz CT molecular complexity index is 1050. The smallest absolute Gasteiger partial charge is 0.265 e. The predicted molar refractivity (Wildman–Crippen MR) is 109 cm³/mol. The highest BCUT2D eigenvalue weighted by molar-refractivity contribution is 6.02. The van der Waals surface area contributed by atoms with Crippen LogP contribution in [-0.4, -0.2) is 17.0 Å². The third-order valence-corrected chi connectivity index (χ3v) is 4.50. The van der Waals surface area contributed by atoms with E-state index in [1.807, 2.05) is 72.9 Å². The van der Waals surface area contributed by atoms with E-state index >= 15 is 0 Å². The number of hydrogen-bond acceptors (Lipinski definition) is 2. The minimum Gasteiger partial charge on any atom is -0.481 e. The third-order valence-electron chi connectivity index (χ3n) is 4.50. The van der Waals surface area contributed by atoms with Gasteiger partial charge in [0, 0.05) is 17.1 Å².